The average Bonchev–Trinajstić information content (AvgIpc) is 2.59. The molecule has 26 heavy (non-hydrogen) atoms. The molecule has 1 aliphatic heterocycles. The van der Waals surface area contributed by atoms with Crippen molar-refractivity contribution in [1.82, 2.24) is 5.32 Å². The summed E-state index contributed by atoms with van der Waals surface area (Å²) in [4.78, 5) is 33.4. The van der Waals surface area contributed by atoms with Crippen LogP contribution in [0.4, 0.5) is 0 Å². The smallest absolute Gasteiger partial charge is 0.371 e. The third kappa shape index (κ3) is 5.45. The summed E-state index contributed by atoms with van der Waals surface area (Å²) in [6.07, 6.45) is -9.96. The Labute approximate surface area is 147 Å². The molecule has 1 aliphatic rings. The maximum atomic E-state index is 11.2. The van der Waals surface area contributed by atoms with Crippen molar-refractivity contribution in [3.63, 3.8) is 0 Å². The molecule has 0 fully saturated rings. The van der Waals surface area contributed by atoms with E-state index in [1.54, 1.807) is 0 Å². The van der Waals surface area contributed by atoms with Crippen LogP contribution in [0.1, 0.15) is 6.92 Å². The van der Waals surface area contributed by atoms with Crippen molar-refractivity contribution in [3.05, 3.63) is 11.8 Å². The zero-order chi connectivity index (χ0) is 20.0. The summed E-state index contributed by atoms with van der Waals surface area (Å²) in [7, 11) is 0. The number of ether oxygens (including phenoxy) is 2. The van der Waals surface area contributed by atoms with Crippen molar-refractivity contribution in [2.24, 2.45) is 0 Å². The molecule has 1 amide bonds. The highest BCUT2D eigenvalue weighted by Crippen LogP contribution is 2.23. The third-order valence-electron chi connectivity index (χ3n) is 3.48. The lowest BCUT2D eigenvalue weighted by molar-refractivity contribution is -0.248. The zero-order valence-electron chi connectivity index (χ0n) is 13.6. The van der Waals surface area contributed by atoms with Crippen molar-refractivity contribution in [3.8, 4) is 0 Å². The molecule has 7 N–H and O–H groups in total. The molecule has 0 aromatic heterocycles. The monoisotopic (exact) mass is 379 g/mol. The second kappa shape index (κ2) is 9.56. The Bertz CT molecular complexity index is 551. The van der Waals surface area contributed by atoms with Crippen LogP contribution in [0.2, 0.25) is 0 Å². The van der Waals surface area contributed by atoms with Gasteiger partial charge in [-0.3, -0.25) is 4.79 Å². The molecule has 12 heteroatoms. The quantitative estimate of drug-likeness (QED) is 0.191. The van der Waals surface area contributed by atoms with Crippen LogP contribution >= 0.6 is 0 Å². The fourth-order valence-electron chi connectivity index (χ4n) is 2.17. The molecule has 0 aliphatic carbocycles. The number of aliphatic carboxylic acids is 1. The van der Waals surface area contributed by atoms with Crippen LogP contribution < -0.4 is 5.32 Å². The number of carbonyl (C=O) groups is 3. The van der Waals surface area contributed by atoms with Gasteiger partial charge in [0.2, 0.25) is 18.0 Å². The van der Waals surface area contributed by atoms with Gasteiger partial charge in [0.1, 0.15) is 42.8 Å². The highest BCUT2D eigenvalue weighted by molar-refractivity contribution is 5.84. The Kier molecular flexibility index (Phi) is 8.08. The van der Waals surface area contributed by atoms with Crippen LogP contribution in [0.15, 0.2) is 11.8 Å². The Morgan fingerprint density at radius 3 is 2.46 bits per heavy atom. The lowest BCUT2D eigenvalue weighted by Crippen LogP contribution is -2.57. The minimum absolute atomic E-state index is 0.166. The van der Waals surface area contributed by atoms with Crippen molar-refractivity contribution in [2.75, 3.05) is 6.61 Å². The van der Waals surface area contributed by atoms with E-state index in [-0.39, 0.29) is 6.29 Å². The minimum atomic E-state index is -1.94. The van der Waals surface area contributed by atoms with E-state index in [0.29, 0.717) is 6.08 Å². The van der Waals surface area contributed by atoms with E-state index in [9.17, 15) is 34.8 Å². The molecule has 0 saturated carbocycles. The fraction of sp³-hybridized carbons (Fsp3) is 0.643. The number of rotatable bonds is 9. The van der Waals surface area contributed by atoms with Crippen LogP contribution in [-0.4, -0.2) is 98.3 Å². The fourth-order valence-corrected chi connectivity index (χ4v) is 2.17. The highest BCUT2D eigenvalue weighted by atomic mass is 16.7. The second-order valence-corrected chi connectivity index (χ2v) is 5.51. The minimum Gasteiger partial charge on any atom is -0.475 e. The maximum Gasteiger partial charge on any atom is 0.371 e. The van der Waals surface area contributed by atoms with E-state index in [1.165, 1.54) is 0 Å². The molecule has 12 nitrogen and oxygen atoms in total. The molecule has 0 saturated heterocycles. The van der Waals surface area contributed by atoms with Crippen LogP contribution in [-0.2, 0) is 23.9 Å². The standard InChI is InChI=1S/C14H21NO11/c1-5(18)15-6(3-16)12(10(21)8(20)4-17)26-14-11(22)7(19)2-9(25-14)13(23)24/h2-3,6-8,10-12,14,17,19-22H,4H2,1H3,(H,15,18)(H,23,24)/t6-,7+,8-,10+,11+,12+,14+/m1/s1. The molecule has 0 aromatic carbocycles. The number of nitrogens with one attached hydrogen (secondary N) is 1. The number of carbonyl (C=O) groups excluding carboxylic acids is 2. The predicted octanol–water partition coefficient (Wildman–Crippen LogP) is -4.16. The number of aliphatic hydroxyl groups is 5. The Hall–Kier alpha value is -2.09. The average molecular weight is 379 g/mol. The first-order valence-electron chi connectivity index (χ1n) is 7.45. The molecule has 0 radical (unpaired) electrons. The molecule has 0 unspecified atom stereocenters. The van der Waals surface area contributed by atoms with E-state index >= 15 is 0 Å². The zero-order valence-corrected chi connectivity index (χ0v) is 13.6. The molecule has 0 aromatic rings. The Morgan fingerprint density at radius 1 is 1.38 bits per heavy atom. The van der Waals surface area contributed by atoms with Gasteiger partial charge < -0.3 is 50.2 Å². The molecule has 0 spiro atoms. The third-order valence-corrected chi connectivity index (χ3v) is 3.48. The van der Waals surface area contributed by atoms with Crippen LogP contribution in [0.3, 0.4) is 0 Å². The molecular formula is C14H21NO11. The first-order valence-corrected chi connectivity index (χ1v) is 7.45. The number of hydrogen-bond donors (Lipinski definition) is 7. The Balaban J connectivity index is 3.10. The van der Waals surface area contributed by atoms with E-state index in [1.807, 2.05) is 0 Å². The van der Waals surface area contributed by atoms with E-state index in [4.69, 9.17) is 19.7 Å². The normalized spacial score (nSPS) is 27.3. The van der Waals surface area contributed by atoms with Gasteiger partial charge >= 0.3 is 5.97 Å². The number of amides is 1. The van der Waals surface area contributed by atoms with Gasteiger partial charge in [0, 0.05) is 6.92 Å². The summed E-state index contributed by atoms with van der Waals surface area (Å²) in [5, 5.41) is 59.2. The molecule has 1 rings (SSSR count). The number of carboxylic acid groups (broad SMARTS) is 1. The molecular weight excluding hydrogens is 358 g/mol. The lowest BCUT2D eigenvalue weighted by atomic mass is 10.0. The summed E-state index contributed by atoms with van der Waals surface area (Å²) in [5.74, 6) is -3.03. The highest BCUT2D eigenvalue weighted by Gasteiger charge is 2.42. The van der Waals surface area contributed by atoms with Crippen molar-refractivity contribution >= 4 is 18.2 Å². The van der Waals surface area contributed by atoms with E-state index in [2.05, 4.69) is 5.32 Å². The molecule has 7 atom stereocenters. The van der Waals surface area contributed by atoms with Gasteiger partial charge in [0.25, 0.3) is 0 Å². The van der Waals surface area contributed by atoms with E-state index < -0.39 is 67.1 Å². The van der Waals surface area contributed by atoms with E-state index in [0.717, 1.165) is 6.92 Å². The van der Waals surface area contributed by atoms with Gasteiger partial charge in [-0.05, 0) is 6.08 Å². The molecule has 148 valence electrons. The van der Waals surface area contributed by atoms with Crippen LogP contribution in [0.25, 0.3) is 0 Å². The van der Waals surface area contributed by atoms with Gasteiger partial charge in [0.05, 0.1) is 6.61 Å². The summed E-state index contributed by atoms with van der Waals surface area (Å²) >= 11 is 0. The van der Waals surface area contributed by atoms with Crippen molar-refractivity contribution in [1.29, 1.82) is 0 Å². The van der Waals surface area contributed by atoms with Crippen LogP contribution in [0.5, 0.6) is 0 Å². The second-order valence-electron chi connectivity index (χ2n) is 5.51. The van der Waals surface area contributed by atoms with Gasteiger partial charge in [-0.15, -0.1) is 0 Å². The number of aliphatic hydroxyl groups excluding tert-OH is 5. The number of hydrogen-bond acceptors (Lipinski definition) is 10. The number of aldehydes is 1. The van der Waals surface area contributed by atoms with Gasteiger partial charge in [0.15, 0.2) is 0 Å². The maximum absolute atomic E-state index is 11.2. The summed E-state index contributed by atoms with van der Waals surface area (Å²) in [6.45, 7) is 0.132. The molecule has 1 heterocycles. The SMILES string of the molecule is CC(=O)N[C@H](C=O)[C@H](O[C@@H]1OC(C(=O)O)=C[C@H](O)[C@@H]1O)[C@@H](O)[C@H](O)CO. The van der Waals surface area contributed by atoms with Crippen molar-refractivity contribution in [2.45, 2.75) is 49.8 Å². The Morgan fingerprint density at radius 2 is 2.00 bits per heavy atom. The lowest BCUT2D eigenvalue weighted by Gasteiger charge is -2.37. The summed E-state index contributed by atoms with van der Waals surface area (Å²) in [5.41, 5.74) is 0. The van der Waals surface area contributed by atoms with Gasteiger partial charge in [-0.25, -0.2) is 4.79 Å². The van der Waals surface area contributed by atoms with Gasteiger partial charge in [-0.2, -0.15) is 0 Å². The van der Waals surface area contributed by atoms with Crippen LogP contribution in [0, 0.1) is 0 Å². The first kappa shape index (κ1) is 22.0. The largest absolute Gasteiger partial charge is 0.475 e. The van der Waals surface area contributed by atoms with Gasteiger partial charge in [-0.1, -0.05) is 0 Å². The summed E-state index contributed by atoms with van der Waals surface area (Å²) in [6, 6.07) is -1.55. The number of carboxylic acids is 1. The topological polar surface area (TPSA) is 203 Å². The first-order chi connectivity index (χ1) is 12.1. The predicted molar refractivity (Wildman–Crippen MR) is 80.2 cm³/mol. The summed E-state index contributed by atoms with van der Waals surface area (Å²) < 4.78 is 10.1. The molecule has 0 bridgehead atoms. The van der Waals surface area contributed by atoms with Crippen molar-refractivity contribution < 1.29 is 54.5 Å².